The molecule has 0 N–H and O–H groups in total. The minimum Gasteiger partial charge on any atom is -0.249 e. The van der Waals surface area contributed by atoms with Crippen molar-refractivity contribution in [2.75, 3.05) is 11.8 Å². The number of anilines is 1. The van der Waals surface area contributed by atoms with Crippen LogP contribution in [0.25, 0.3) is 43.4 Å². The first-order chi connectivity index (χ1) is 16.5. The second kappa shape index (κ2) is 9.09. The van der Waals surface area contributed by atoms with Crippen LogP contribution >= 0.6 is 0 Å². The van der Waals surface area contributed by atoms with Gasteiger partial charge in [0.2, 0.25) is 0 Å². The lowest BCUT2D eigenvalue weighted by Gasteiger charge is -2.31. The summed E-state index contributed by atoms with van der Waals surface area (Å²) in [5.41, 5.74) is 2.85. The van der Waals surface area contributed by atoms with Gasteiger partial charge in [-0.2, -0.15) is 0 Å². The standard InChI is InChI=1S/C31H31NO2/c1-5-31(3,4)34-32(33-6-2)24-13-11-12-22(20-24)23-18-19-29-27-16-8-7-14-25(27)26-15-9-10-17-28(26)30(29)21-23/h7-21H,5-6H2,1-4H3. The van der Waals surface area contributed by atoms with Crippen LogP contribution in [-0.2, 0) is 9.68 Å². The first kappa shape index (κ1) is 22.4. The molecule has 0 heterocycles. The molecule has 0 aromatic heterocycles. The maximum absolute atomic E-state index is 6.19. The van der Waals surface area contributed by atoms with E-state index in [1.807, 2.05) is 13.0 Å². The maximum atomic E-state index is 6.19. The predicted octanol–water partition coefficient (Wildman–Crippen LogP) is 8.69. The highest BCUT2D eigenvalue weighted by molar-refractivity contribution is 6.25. The zero-order valence-electron chi connectivity index (χ0n) is 20.3. The van der Waals surface area contributed by atoms with Crippen LogP contribution in [0.1, 0.15) is 34.1 Å². The highest BCUT2D eigenvalue weighted by atomic mass is 17.0. The molecular weight excluding hydrogens is 418 g/mol. The van der Waals surface area contributed by atoms with Crippen molar-refractivity contribution in [2.24, 2.45) is 0 Å². The molecule has 3 heteroatoms. The van der Waals surface area contributed by atoms with Crippen molar-refractivity contribution in [1.29, 1.82) is 0 Å². The molecule has 0 aliphatic heterocycles. The average Bonchev–Trinajstić information content (AvgIpc) is 2.88. The van der Waals surface area contributed by atoms with Gasteiger partial charge < -0.3 is 0 Å². The molecule has 5 aromatic rings. The molecule has 5 aromatic carbocycles. The maximum Gasteiger partial charge on any atom is 0.0953 e. The number of nitrogens with zero attached hydrogens (tertiary/aromatic N) is 1. The third-order valence-corrected chi connectivity index (χ3v) is 6.56. The van der Waals surface area contributed by atoms with E-state index in [9.17, 15) is 0 Å². The second-order valence-electron chi connectivity index (χ2n) is 9.28. The van der Waals surface area contributed by atoms with E-state index >= 15 is 0 Å². The van der Waals surface area contributed by atoms with E-state index in [0.717, 1.165) is 17.7 Å². The molecule has 0 aliphatic carbocycles. The summed E-state index contributed by atoms with van der Waals surface area (Å²) in [4.78, 5) is 12.0. The van der Waals surface area contributed by atoms with E-state index < -0.39 is 0 Å². The molecule has 0 radical (unpaired) electrons. The van der Waals surface area contributed by atoms with Crippen molar-refractivity contribution in [3.63, 3.8) is 0 Å². The highest BCUT2D eigenvalue weighted by Gasteiger charge is 2.22. The van der Waals surface area contributed by atoms with Crippen LogP contribution in [0.5, 0.6) is 0 Å². The molecule has 0 amide bonds. The highest BCUT2D eigenvalue weighted by Crippen LogP contribution is 2.37. The van der Waals surface area contributed by atoms with Gasteiger partial charge in [0.15, 0.2) is 0 Å². The molecule has 0 aliphatic rings. The fraction of sp³-hybridized carbons (Fsp3) is 0.226. The van der Waals surface area contributed by atoms with Crippen molar-refractivity contribution in [3.8, 4) is 11.1 Å². The number of fused-ring (bicyclic) bond motifs is 6. The SMILES string of the molecule is CCON(OC(C)(C)CC)c1cccc(-c2ccc3c4ccccc4c4ccccc4c3c2)c1. The van der Waals surface area contributed by atoms with Gasteiger partial charge in [0.1, 0.15) is 0 Å². The van der Waals surface area contributed by atoms with Gasteiger partial charge in [0.25, 0.3) is 0 Å². The van der Waals surface area contributed by atoms with Crippen LogP contribution in [0.15, 0.2) is 91.0 Å². The summed E-state index contributed by atoms with van der Waals surface area (Å²) in [5.74, 6) is 0. The third-order valence-electron chi connectivity index (χ3n) is 6.56. The summed E-state index contributed by atoms with van der Waals surface area (Å²) in [6, 6.07) is 32.5. The van der Waals surface area contributed by atoms with Crippen LogP contribution in [0, 0.1) is 0 Å². The van der Waals surface area contributed by atoms with E-state index in [0.29, 0.717) is 6.61 Å². The van der Waals surface area contributed by atoms with Gasteiger partial charge in [-0.25, -0.2) is 9.68 Å². The quantitative estimate of drug-likeness (QED) is 0.183. The molecule has 0 saturated carbocycles. The van der Waals surface area contributed by atoms with E-state index in [4.69, 9.17) is 9.68 Å². The Balaban J connectivity index is 1.64. The first-order valence-electron chi connectivity index (χ1n) is 12.1. The molecule has 5 rings (SSSR count). The zero-order valence-corrected chi connectivity index (χ0v) is 20.3. The average molecular weight is 450 g/mol. The molecule has 34 heavy (non-hydrogen) atoms. The summed E-state index contributed by atoms with van der Waals surface area (Å²) in [6.07, 6.45) is 0.877. The van der Waals surface area contributed by atoms with Crippen LogP contribution in [-0.4, -0.2) is 12.2 Å². The van der Waals surface area contributed by atoms with Crippen LogP contribution < -0.4 is 5.23 Å². The fourth-order valence-electron chi connectivity index (χ4n) is 4.45. The number of benzene rings is 5. The van der Waals surface area contributed by atoms with Crippen LogP contribution in [0.2, 0.25) is 0 Å². The van der Waals surface area contributed by atoms with Crippen molar-refractivity contribution in [1.82, 2.24) is 0 Å². The molecule has 0 fully saturated rings. The molecule has 0 atom stereocenters. The molecule has 0 spiro atoms. The van der Waals surface area contributed by atoms with Gasteiger partial charge in [0.05, 0.1) is 17.9 Å². The molecule has 0 unspecified atom stereocenters. The van der Waals surface area contributed by atoms with E-state index in [2.05, 4.69) is 106 Å². The van der Waals surface area contributed by atoms with E-state index in [1.54, 1.807) is 5.23 Å². The van der Waals surface area contributed by atoms with E-state index in [1.165, 1.54) is 37.9 Å². The topological polar surface area (TPSA) is 21.7 Å². The minimum absolute atomic E-state index is 0.325. The molecular formula is C31H31NO2. The Morgan fingerprint density at radius 3 is 1.76 bits per heavy atom. The smallest absolute Gasteiger partial charge is 0.0953 e. The first-order valence-corrected chi connectivity index (χ1v) is 12.1. The summed E-state index contributed by atoms with van der Waals surface area (Å²) in [7, 11) is 0. The summed E-state index contributed by atoms with van der Waals surface area (Å²) in [5, 5.41) is 9.25. The third kappa shape index (κ3) is 4.13. The fourth-order valence-corrected chi connectivity index (χ4v) is 4.45. The number of hydrogen-bond donors (Lipinski definition) is 0. The normalized spacial score (nSPS) is 12.0. The van der Waals surface area contributed by atoms with Crippen molar-refractivity contribution >= 4 is 38.0 Å². The molecule has 0 bridgehead atoms. The van der Waals surface area contributed by atoms with E-state index in [-0.39, 0.29) is 5.60 Å². The summed E-state index contributed by atoms with van der Waals surface area (Å²) >= 11 is 0. The van der Waals surface area contributed by atoms with Gasteiger partial charge in [-0.3, -0.25) is 0 Å². The molecule has 3 nitrogen and oxygen atoms in total. The minimum atomic E-state index is -0.325. The van der Waals surface area contributed by atoms with Crippen LogP contribution in [0.4, 0.5) is 5.69 Å². The van der Waals surface area contributed by atoms with Gasteiger partial charge >= 0.3 is 0 Å². The van der Waals surface area contributed by atoms with Gasteiger partial charge in [-0.1, -0.05) is 79.7 Å². The Labute approximate surface area is 201 Å². The Morgan fingerprint density at radius 2 is 1.18 bits per heavy atom. The van der Waals surface area contributed by atoms with Gasteiger partial charge in [0, 0.05) is 0 Å². The Morgan fingerprint density at radius 1 is 0.618 bits per heavy atom. The Hall–Kier alpha value is -3.40. The van der Waals surface area contributed by atoms with Gasteiger partial charge in [-0.05, 0) is 88.8 Å². The summed E-state index contributed by atoms with van der Waals surface area (Å²) in [6.45, 7) is 8.75. The summed E-state index contributed by atoms with van der Waals surface area (Å²) < 4.78 is 0. The lowest BCUT2D eigenvalue weighted by molar-refractivity contribution is -0.155. The largest absolute Gasteiger partial charge is 0.249 e. The Bertz CT molecular complexity index is 1440. The van der Waals surface area contributed by atoms with Crippen LogP contribution in [0.3, 0.4) is 0 Å². The Kier molecular flexibility index (Phi) is 5.99. The molecule has 172 valence electrons. The monoisotopic (exact) mass is 449 g/mol. The van der Waals surface area contributed by atoms with Crippen molar-refractivity contribution in [3.05, 3.63) is 91.0 Å². The zero-order chi connectivity index (χ0) is 23.7. The van der Waals surface area contributed by atoms with Crippen molar-refractivity contribution in [2.45, 2.75) is 39.7 Å². The lowest BCUT2D eigenvalue weighted by atomic mass is 9.92. The van der Waals surface area contributed by atoms with Crippen molar-refractivity contribution < 1.29 is 9.68 Å². The predicted molar refractivity (Wildman–Crippen MR) is 144 cm³/mol. The van der Waals surface area contributed by atoms with Gasteiger partial charge in [-0.15, -0.1) is 5.23 Å². The number of hydrogen-bond acceptors (Lipinski definition) is 3. The number of rotatable bonds is 7. The molecule has 0 saturated heterocycles. The second-order valence-corrected chi connectivity index (χ2v) is 9.28. The lowest BCUT2D eigenvalue weighted by Crippen LogP contribution is -2.36.